The van der Waals surface area contributed by atoms with E-state index in [1.54, 1.807) is 7.11 Å². The van der Waals surface area contributed by atoms with Gasteiger partial charge < -0.3 is 9.84 Å². The Bertz CT molecular complexity index is 114. The van der Waals surface area contributed by atoms with Crippen molar-refractivity contribution in [2.45, 2.75) is 0 Å². The van der Waals surface area contributed by atoms with E-state index < -0.39 is 0 Å². The smallest absolute Gasteiger partial charge is 0.0957 e. The Labute approximate surface area is 73.7 Å². The average Bonchev–Trinajstić information content (AvgIpc) is 2.15. The Morgan fingerprint density at radius 3 is 2.25 bits per heavy atom. The molecule has 1 fully saturated rings. The normalized spacial score (nSPS) is 21.5. The van der Waals surface area contributed by atoms with Crippen molar-refractivity contribution >= 4 is 0 Å². The molecule has 1 aliphatic rings. The van der Waals surface area contributed by atoms with E-state index in [9.17, 15) is 0 Å². The Morgan fingerprint density at radius 1 is 1.17 bits per heavy atom. The fraction of sp³-hybridized carbons (Fsp3) is 1.00. The number of hydrogen-bond acceptors (Lipinski definition) is 4. The Balaban J connectivity index is 2.09. The van der Waals surface area contributed by atoms with Gasteiger partial charge in [0, 0.05) is 39.8 Å². The Morgan fingerprint density at radius 2 is 1.75 bits per heavy atom. The van der Waals surface area contributed by atoms with Crippen molar-refractivity contribution in [2.75, 3.05) is 53.2 Å². The molecule has 0 aliphatic carbocycles. The van der Waals surface area contributed by atoms with Crippen LogP contribution in [0.5, 0.6) is 0 Å². The highest BCUT2D eigenvalue weighted by Crippen LogP contribution is 1.99. The van der Waals surface area contributed by atoms with Crippen molar-refractivity contribution < 1.29 is 9.84 Å². The summed E-state index contributed by atoms with van der Waals surface area (Å²) in [6, 6.07) is 0. The lowest BCUT2D eigenvalue weighted by molar-refractivity contribution is 0.0444. The molecule has 1 aliphatic heterocycles. The zero-order chi connectivity index (χ0) is 8.81. The molecule has 72 valence electrons. The fourth-order valence-electron chi connectivity index (χ4n) is 1.37. The minimum Gasteiger partial charge on any atom is -0.383 e. The lowest BCUT2D eigenvalue weighted by Crippen LogP contribution is -2.47. The largest absolute Gasteiger partial charge is 0.383 e. The summed E-state index contributed by atoms with van der Waals surface area (Å²) in [5.74, 6) is 0. The molecule has 12 heavy (non-hydrogen) atoms. The highest BCUT2D eigenvalue weighted by atomic mass is 16.5. The van der Waals surface area contributed by atoms with Gasteiger partial charge in [0.05, 0.1) is 13.3 Å². The molecule has 0 aromatic carbocycles. The van der Waals surface area contributed by atoms with Crippen LogP contribution in [-0.4, -0.2) is 68.1 Å². The van der Waals surface area contributed by atoms with Crippen LogP contribution in [0.3, 0.4) is 0 Å². The van der Waals surface area contributed by atoms with Gasteiger partial charge in [-0.15, -0.1) is 0 Å². The highest BCUT2D eigenvalue weighted by molar-refractivity contribution is 4.69. The first-order chi connectivity index (χ1) is 5.86. The molecular weight excluding hydrogens is 156 g/mol. The molecule has 0 amide bonds. The van der Waals surface area contributed by atoms with Crippen molar-refractivity contribution in [3.05, 3.63) is 0 Å². The van der Waals surface area contributed by atoms with Gasteiger partial charge in [0.25, 0.3) is 0 Å². The van der Waals surface area contributed by atoms with Crippen LogP contribution in [0.1, 0.15) is 0 Å². The van der Waals surface area contributed by atoms with Gasteiger partial charge in [-0.1, -0.05) is 0 Å². The van der Waals surface area contributed by atoms with E-state index in [0.717, 1.165) is 39.3 Å². The molecule has 0 atom stereocenters. The first-order valence-corrected chi connectivity index (χ1v) is 4.41. The number of ether oxygens (including phenoxy) is 1. The van der Waals surface area contributed by atoms with Gasteiger partial charge in [-0.3, -0.25) is 9.80 Å². The summed E-state index contributed by atoms with van der Waals surface area (Å²) in [7, 11) is 1.73. The first kappa shape index (κ1) is 9.92. The summed E-state index contributed by atoms with van der Waals surface area (Å²) in [5.41, 5.74) is 0. The van der Waals surface area contributed by atoms with E-state index in [4.69, 9.17) is 9.84 Å². The molecule has 0 spiro atoms. The van der Waals surface area contributed by atoms with Crippen LogP contribution < -0.4 is 0 Å². The molecule has 4 nitrogen and oxygen atoms in total. The SMILES string of the molecule is COCCN1CCN(CO)CC1. The van der Waals surface area contributed by atoms with Gasteiger partial charge >= 0.3 is 0 Å². The molecule has 1 N–H and O–H groups in total. The van der Waals surface area contributed by atoms with Crippen LogP contribution in [0.4, 0.5) is 0 Å². The van der Waals surface area contributed by atoms with Crippen molar-refractivity contribution in [2.24, 2.45) is 0 Å². The van der Waals surface area contributed by atoms with Gasteiger partial charge in [0.15, 0.2) is 0 Å². The zero-order valence-corrected chi connectivity index (χ0v) is 7.70. The second-order valence-corrected chi connectivity index (χ2v) is 3.09. The summed E-state index contributed by atoms with van der Waals surface area (Å²) in [5, 5.41) is 8.84. The summed E-state index contributed by atoms with van der Waals surface area (Å²) < 4.78 is 4.99. The molecular formula is C8H18N2O2. The van der Waals surface area contributed by atoms with E-state index in [1.807, 2.05) is 4.90 Å². The van der Waals surface area contributed by atoms with Crippen LogP contribution in [0, 0.1) is 0 Å². The van der Waals surface area contributed by atoms with Gasteiger partial charge in [0.2, 0.25) is 0 Å². The molecule has 0 aromatic rings. The predicted molar refractivity (Wildman–Crippen MR) is 47.0 cm³/mol. The summed E-state index contributed by atoms with van der Waals surface area (Å²) in [6.07, 6.45) is 0. The van der Waals surface area contributed by atoms with E-state index in [1.165, 1.54) is 0 Å². The molecule has 1 saturated heterocycles. The third-order valence-electron chi connectivity index (χ3n) is 2.28. The third-order valence-corrected chi connectivity index (χ3v) is 2.28. The zero-order valence-electron chi connectivity index (χ0n) is 7.70. The number of piperazine rings is 1. The molecule has 1 heterocycles. The van der Waals surface area contributed by atoms with Gasteiger partial charge in [0.1, 0.15) is 0 Å². The quantitative estimate of drug-likeness (QED) is 0.605. The number of aliphatic hydroxyl groups is 1. The van der Waals surface area contributed by atoms with Crippen molar-refractivity contribution in [1.82, 2.24) is 9.80 Å². The van der Waals surface area contributed by atoms with Gasteiger partial charge in [-0.2, -0.15) is 0 Å². The fourth-order valence-corrected chi connectivity index (χ4v) is 1.37. The van der Waals surface area contributed by atoms with E-state index in [2.05, 4.69) is 4.90 Å². The molecule has 0 radical (unpaired) electrons. The van der Waals surface area contributed by atoms with Crippen molar-refractivity contribution in [3.8, 4) is 0 Å². The summed E-state index contributed by atoms with van der Waals surface area (Å²) >= 11 is 0. The minimum atomic E-state index is 0.193. The molecule has 0 bridgehead atoms. The number of methoxy groups -OCH3 is 1. The van der Waals surface area contributed by atoms with Crippen LogP contribution in [-0.2, 0) is 4.74 Å². The maximum atomic E-state index is 8.84. The molecule has 0 unspecified atom stereocenters. The molecule has 1 rings (SSSR count). The predicted octanol–water partition coefficient (Wildman–Crippen LogP) is -0.800. The summed E-state index contributed by atoms with van der Waals surface area (Å²) in [4.78, 5) is 4.40. The second-order valence-electron chi connectivity index (χ2n) is 3.09. The van der Waals surface area contributed by atoms with Crippen LogP contribution >= 0.6 is 0 Å². The maximum Gasteiger partial charge on any atom is 0.0957 e. The maximum absolute atomic E-state index is 8.84. The Hall–Kier alpha value is -0.160. The second kappa shape index (κ2) is 5.48. The minimum absolute atomic E-state index is 0.193. The van der Waals surface area contributed by atoms with E-state index in [-0.39, 0.29) is 6.73 Å². The number of rotatable bonds is 4. The van der Waals surface area contributed by atoms with Crippen LogP contribution in [0.2, 0.25) is 0 Å². The number of hydrogen-bond donors (Lipinski definition) is 1. The standard InChI is InChI=1S/C8H18N2O2/c1-12-7-6-9-2-4-10(8-11)5-3-9/h11H,2-8H2,1H3. The van der Waals surface area contributed by atoms with Gasteiger partial charge in [-0.05, 0) is 0 Å². The summed E-state index contributed by atoms with van der Waals surface area (Å²) in [6.45, 7) is 6.04. The lowest BCUT2D eigenvalue weighted by atomic mass is 10.3. The van der Waals surface area contributed by atoms with Crippen LogP contribution in [0.15, 0.2) is 0 Å². The topological polar surface area (TPSA) is 35.9 Å². The highest BCUT2D eigenvalue weighted by Gasteiger charge is 2.14. The van der Waals surface area contributed by atoms with Gasteiger partial charge in [-0.25, -0.2) is 0 Å². The average molecular weight is 174 g/mol. The Kier molecular flexibility index (Phi) is 4.53. The van der Waals surface area contributed by atoms with E-state index in [0.29, 0.717) is 0 Å². The number of aliphatic hydroxyl groups excluding tert-OH is 1. The van der Waals surface area contributed by atoms with Crippen LogP contribution in [0.25, 0.3) is 0 Å². The first-order valence-electron chi connectivity index (χ1n) is 4.41. The third kappa shape index (κ3) is 3.06. The molecule has 0 saturated carbocycles. The molecule has 0 aromatic heterocycles. The monoisotopic (exact) mass is 174 g/mol. The molecule has 4 heteroatoms. The van der Waals surface area contributed by atoms with Crippen molar-refractivity contribution in [3.63, 3.8) is 0 Å². The number of nitrogens with zero attached hydrogens (tertiary/aromatic N) is 2. The lowest BCUT2D eigenvalue weighted by Gasteiger charge is -2.33. The van der Waals surface area contributed by atoms with Crippen molar-refractivity contribution in [1.29, 1.82) is 0 Å². The van der Waals surface area contributed by atoms with E-state index >= 15 is 0 Å².